The van der Waals surface area contributed by atoms with Gasteiger partial charge in [0, 0.05) is 58.7 Å². The first-order valence-corrected chi connectivity index (χ1v) is 11.2. The molecule has 0 radical (unpaired) electrons. The fourth-order valence-corrected chi connectivity index (χ4v) is 3.48. The number of carbonyl (C=O) groups excluding carboxylic acids is 1. The van der Waals surface area contributed by atoms with E-state index in [1.54, 1.807) is 19.0 Å². The Hall–Kier alpha value is -3.03. The molecule has 1 aromatic carbocycles. The summed E-state index contributed by atoms with van der Waals surface area (Å²) in [5.41, 5.74) is 4.68. The summed E-state index contributed by atoms with van der Waals surface area (Å²) in [5, 5.41) is 11.4. The Labute approximate surface area is 192 Å². The minimum atomic E-state index is -0.0264. The van der Waals surface area contributed by atoms with Crippen molar-refractivity contribution in [3.63, 3.8) is 0 Å². The quantitative estimate of drug-likeness (QED) is 0.336. The first-order valence-electron chi connectivity index (χ1n) is 11.2. The molecule has 1 heterocycles. The third-order valence-electron chi connectivity index (χ3n) is 5.58. The van der Waals surface area contributed by atoms with Crippen molar-refractivity contribution in [3.05, 3.63) is 47.3 Å². The van der Waals surface area contributed by atoms with E-state index in [-0.39, 0.29) is 18.5 Å². The van der Waals surface area contributed by atoms with Gasteiger partial charge in [-0.25, -0.2) is 4.99 Å². The fourth-order valence-electron chi connectivity index (χ4n) is 3.48. The Morgan fingerprint density at radius 1 is 1.19 bits per heavy atom. The number of amides is 1. The molecule has 0 spiro atoms. The van der Waals surface area contributed by atoms with Gasteiger partial charge in [-0.3, -0.25) is 9.48 Å². The molecule has 0 saturated heterocycles. The lowest BCUT2D eigenvalue weighted by atomic mass is 10.1. The number of anilines is 1. The molecular formula is C24H39N7O. The van der Waals surface area contributed by atoms with Crippen LogP contribution in [0.3, 0.4) is 0 Å². The second-order valence-electron chi connectivity index (χ2n) is 8.51. The minimum Gasteiger partial charge on any atom is -0.375 e. The highest BCUT2D eigenvalue weighted by Gasteiger charge is 2.14. The fraction of sp³-hybridized carbons (Fsp3) is 0.542. The summed E-state index contributed by atoms with van der Waals surface area (Å²) in [7, 11) is 7.55. The van der Waals surface area contributed by atoms with Gasteiger partial charge in [-0.15, -0.1) is 0 Å². The molecule has 8 nitrogen and oxygen atoms in total. The molecule has 1 amide bonds. The van der Waals surface area contributed by atoms with E-state index in [2.05, 4.69) is 58.7 Å². The summed E-state index contributed by atoms with van der Waals surface area (Å²) >= 11 is 0. The van der Waals surface area contributed by atoms with Crippen LogP contribution in [0.2, 0.25) is 0 Å². The van der Waals surface area contributed by atoms with Gasteiger partial charge in [0.1, 0.15) is 6.54 Å². The van der Waals surface area contributed by atoms with Crippen LogP contribution in [0.1, 0.15) is 30.3 Å². The van der Waals surface area contributed by atoms with E-state index in [9.17, 15) is 4.79 Å². The van der Waals surface area contributed by atoms with Crippen LogP contribution in [0.4, 0.5) is 5.69 Å². The Morgan fingerprint density at radius 2 is 1.88 bits per heavy atom. The number of likely N-dealkylation sites (N-methyl/N-ethyl adjacent to an activating group) is 1. The normalized spacial score (nSPS) is 12.4. The largest absolute Gasteiger partial charge is 0.375 e. The monoisotopic (exact) mass is 441 g/mol. The van der Waals surface area contributed by atoms with E-state index in [0.717, 1.165) is 31.6 Å². The predicted molar refractivity (Wildman–Crippen MR) is 132 cm³/mol. The number of nitrogens with zero attached hydrogens (tertiary/aromatic N) is 5. The van der Waals surface area contributed by atoms with E-state index in [1.807, 2.05) is 36.9 Å². The predicted octanol–water partition coefficient (Wildman–Crippen LogP) is 2.12. The summed E-state index contributed by atoms with van der Waals surface area (Å²) in [5.74, 6) is 0.635. The van der Waals surface area contributed by atoms with E-state index in [1.165, 1.54) is 16.9 Å². The van der Waals surface area contributed by atoms with Gasteiger partial charge in [-0.2, -0.15) is 5.10 Å². The first kappa shape index (κ1) is 25.2. The summed E-state index contributed by atoms with van der Waals surface area (Å²) in [6.07, 6.45) is 1.79. The van der Waals surface area contributed by atoms with Crippen LogP contribution in [-0.4, -0.2) is 73.4 Å². The maximum absolute atomic E-state index is 12.0. The second kappa shape index (κ2) is 12.1. The number of aromatic nitrogens is 2. The molecule has 0 fully saturated rings. The topological polar surface area (TPSA) is 77.8 Å². The molecule has 2 N–H and O–H groups in total. The zero-order valence-corrected chi connectivity index (χ0v) is 20.6. The molecule has 0 aliphatic carbocycles. The average Bonchev–Trinajstić information content (AvgIpc) is 3.00. The molecule has 1 aromatic heterocycles. The number of hydrogen-bond acceptors (Lipinski definition) is 4. The van der Waals surface area contributed by atoms with Crippen molar-refractivity contribution in [1.82, 2.24) is 25.3 Å². The van der Waals surface area contributed by atoms with Crippen molar-refractivity contribution in [3.8, 4) is 0 Å². The molecular weight excluding hydrogens is 402 g/mol. The standard InChI is InChI=1S/C24H39N7O/c1-18(16-22-19(2)28-31(7)20(22)3)27-24(26-17-23(32)29(4)5)25-14-11-15-30(6)21-12-9-8-10-13-21/h8-10,12-13,18H,11,14-17H2,1-7H3,(H2,25,26,27). The molecule has 2 aromatic rings. The van der Waals surface area contributed by atoms with Crippen LogP contribution in [0.25, 0.3) is 0 Å². The summed E-state index contributed by atoms with van der Waals surface area (Å²) in [6.45, 7) is 8.06. The van der Waals surface area contributed by atoms with Gasteiger partial charge in [-0.05, 0) is 51.3 Å². The summed E-state index contributed by atoms with van der Waals surface area (Å²) in [6, 6.07) is 10.5. The number of rotatable bonds is 10. The van der Waals surface area contributed by atoms with Crippen LogP contribution in [0, 0.1) is 13.8 Å². The third kappa shape index (κ3) is 7.59. The van der Waals surface area contributed by atoms with Gasteiger partial charge >= 0.3 is 0 Å². The lowest BCUT2D eigenvalue weighted by Crippen LogP contribution is -2.44. The lowest BCUT2D eigenvalue weighted by Gasteiger charge is -2.21. The van der Waals surface area contributed by atoms with E-state index in [4.69, 9.17) is 0 Å². The number of nitrogens with one attached hydrogen (secondary N) is 2. The van der Waals surface area contributed by atoms with Crippen LogP contribution in [0.15, 0.2) is 35.3 Å². The highest BCUT2D eigenvalue weighted by Crippen LogP contribution is 2.14. The highest BCUT2D eigenvalue weighted by atomic mass is 16.2. The number of para-hydroxylation sites is 1. The zero-order valence-electron chi connectivity index (χ0n) is 20.6. The van der Waals surface area contributed by atoms with E-state index in [0.29, 0.717) is 5.96 Å². The summed E-state index contributed by atoms with van der Waals surface area (Å²) < 4.78 is 1.92. The van der Waals surface area contributed by atoms with Gasteiger partial charge in [0.2, 0.25) is 5.91 Å². The molecule has 0 aliphatic heterocycles. The number of aryl methyl sites for hydroxylation is 2. The third-order valence-corrected chi connectivity index (χ3v) is 5.58. The van der Waals surface area contributed by atoms with E-state index >= 15 is 0 Å². The molecule has 0 aliphatic rings. The number of hydrogen-bond donors (Lipinski definition) is 2. The molecule has 1 atom stereocenters. The Kier molecular flexibility index (Phi) is 9.56. The van der Waals surface area contributed by atoms with Crippen molar-refractivity contribution in [1.29, 1.82) is 0 Å². The Morgan fingerprint density at radius 3 is 2.47 bits per heavy atom. The molecule has 2 rings (SSSR count). The van der Waals surface area contributed by atoms with Crippen molar-refractivity contribution >= 4 is 17.6 Å². The number of benzene rings is 1. The second-order valence-corrected chi connectivity index (χ2v) is 8.51. The van der Waals surface area contributed by atoms with Gasteiger partial charge in [0.15, 0.2) is 5.96 Å². The van der Waals surface area contributed by atoms with Gasteiger partial charge in [-0.1, -0.05) is 18.2 Å². The molecule has 176 valence electrons. The molecule has 0 bridgehead atoms. The van der Waals surface area contributed by atoms with Crippen LogP contribution >= 0.6 is 0 Å². The summed E-state index contributed by atoms with van der Waals surface area (Å²) in [4.78, 5) is 20.3. The van der Waals surface area contributed by atoms with Crippen molar-refractivity contribution < 1.29 is 4.79 Å². The lowest BCUT2D eigenvalue weighted by molar-refractivity contribution is -0.127. The average molecular weight is 442 g/mol. The molecule has 8 heteroatoms. The molecule has 32 heavy (non-hydrogen) atoms. The minimum absolute atomic E-state index is 0.0264. The van der Waals surface area contributed by atoms with Crippen LogP contribution in [-0.2, 0) is 18.3 Å². The van der Waals surface area contributed by atoms with Crippen molar-refractivity contribution in [2.45, 2.75) is 39.7 Å². The first-order chi connectivity index (χ1) is 15.2. The Bertz CT molecular complexity index is 889. The van der Waals surface area contributed by atoms with Crippen molar-refractivity contribution in [2.75, 3.05) is 45.7 Å². The van der Waals surface area contributed by atoms with Crippen molar-refractivity contribution in [2.24, 2.45) is 12.0 Å². The van der Waals surface area contributed by atoms with Crippen LogP contribution in [0.5, 0.6) is 0 Å². The smallest absolute Gasteiger partial charge is 0.243 e. The maximum Gasteiger partial charge on any atom is 0.243 e. The maximum atomic E-state index is 12.0. The zero-order chi connectivity index (χ0) is 23.7. The number of aliphatic imine (C=N–C) groups is 1. The number of carbonyl (C=O) groups is 1. The molecule has 0 saturated carbocycles. The van der Waals surface area contributed by atoms with Gasteiger partial charge in [0.05, 0.1) is 5.69 Å². The number of guanidine groups is 1. The van der Waals surface area contributed by atoms with E-state index < -0.39 is 0 Å². The van der Waals surface area contributed by atoms with Gasteiger partial charge in [0.25, 0.3) is 0 Å². The van der Waals surface area contributed by atoms with Crippen LogP contribution < -0.4 is 15.5 Å². The highest BCUT2D eigenvalue weighted by molar-refractivity contribution is 5.84. The Balaban J connectivity index is 1.94. The molecule has 1 unspecified atom stereocenters. The van der Waals surface area contributed by atoms with Gasteiger partial charge < -0.3 is 20.4 Å². The SMILES string of the molecule is Cc1nn(C)c(C)c1CC(C)NC(=NCC(=O)N(C)C)NCCCN(C)c1ccccc1.